The third-order valence-corrected chi connectivity index (χ3v) is 2.78. The van der Waals surface area contributed by atoms with Crippen molar-refractivity contribution in [3.8, 4) is 0 Å². The summed E-state index contributed by atoms with van der Waals surface area (Å²) in [4.78, 5) is 22.4. The molecule has 0 heterocycles. The van der Waals surface area contributed by atoms with Crippen molar-refractivity contribution < 1.29 is 14.3 Å². The molecule has 0 spiro atoms. The van der Waals surface area contributed by atoms with E-state index in [-0.39, 0.29) is 11.8 Å². The van der Waals surface area contributed by atoms with Crippen LogP contribution in [0.4, 0.5) is 0 Å². The molecule has 3 nitrogen and oxygen atoms in total. The molecule has 0 aliphatic carbocycles. The third kappa shape index (κ3) is 3.17. The average Bonchev–Trinajstić information content (AvgIpc) is 2.27. The van der Waals surface area contributed by atoms with Crippen molar-refractivity contribution in [2.24, 2.45) is 0 Å². The molecule has 16 heavy (non-hydrogen) atoms. The van der Waals surface area contributed by atoms with Gasteiger partial charge < -0.3 is 4.74 Å². The first-order valence-corrected chi connectivity index (χ1v) is 5.96. The van der Waals surface area contributed by atoms with Gasteiger partial charge in [-0.05, 0) is 24.1 Å². The molecule has 0 bridgehead atoms. The SMILES string of the molecule is COC(=O)c1ccc(CC(C)=O)cc1CBr. The number of hydrogen-bond donors (Lipinski definition) is 0. The smallest absolute Gasteiger partial charge is 0.338 e. The zero-order valence-corrected chi connectivity index (χ0v) is 10.8. The molecule has 0 saturated carbocycles. The Bertz CT molecular complexity index is 413. The van der Waals surface area contributed by atoms with Crippen LogP contribution in [0.15, 0.2) is 18.2 Å². The van der Waals surface area contributed by atoms with Gasteiger partial charge in [0.05, 0.1) is 12.7 Å². The van der Waals surface area contributed by atoms with Crippen LogP contribution < -0.4 is 0 Å². The second-order valence-electron chi connectivity index (χ2n) is 3.50. The van der Waals surface area contributed by atoms with E-state index in [1.165, 1.54) is 7.11 Å². The van der Waals surface area contributed by atoms with Gasteiger partial charge >= 0.3 is 5.97 Å². The molecule has 0 saturated heterocycles. The summed E-state index contributed by atoms with van der Waals surface area (Å²) in [6.07, 6.45) is 0.390. The Kier molecular flexibility index (Phi) is 4.68. The highest BCUT2D eigenvalue weighted by Gasteiger charge is 2.11. The van der Waals surface area contributed by atoms with Gasteiger partial charge in [-0.15, -0.1) is 0 Å². The van der Waals surface area contributed by atoms with Gasteiger partial charge in [-0.3, -0.25) is 4.79 Å². The van der Waals surface area contributed by atoms with E-state index < -0.39 is 0 Å². The number of halogens is 1. The summed E-state index contributed by atoms with van der Waals surface area (Å²) in [5.41, 5.74) is 2.28. The van der Waals surface area contributed by atoms with Gasteiger partial charge in [0.2, 0.25) is 0 Å². The molecule has 0 radical (unpaired) electrons. The number of rotatable bonds is 4. The zero-order valence-electron chi connectivity index (χ0n) is 9.25. The molecule has 86 valence electrons. The molecule has 0 N–H and O–H groups in total. The second-order valence-corrected chi connectivity index (χ2v) is 4.06. The summed E-state index contributed by atoms with van der Waals surface area (Å²) in [5.74, 6) is -0.254. The number of benzene rings is 1. The minimum Gasteiger partial charge on any atom is -0.465 e. The van der Waals surface area contributed by atoms with Gasteiger partial charge in [0.25, 0.3) is 0 Å². The van der Waals surface area contributed by atoms with Crippen molar-refractivity contribution >= 4 is 27.7 Å². The van der Waals surface area contributed by atoms with Gasteiger partial charge in [-0.2, -0.15) is 0 Å². The number of esters is 1. The van der Waals surface area contributed by atoms with Gasteiger partial charge in [-0.1, -0.05) is 28.1 Å². The van der Waals surface area contributed by atoms with Crippen LogP contribution in [0.5, 0.6) is 0 Å². The number of ether oxygens (including phenoxy) is 1. The van der Waals surface area contributed by atoms with Crippen LogP contribution >= 0.6 is 15.9 Å². The van der Waals surface area contributed by atoms with Gasteiger partial charge in [0.15, 0.2) is 0 Å². The Morgan fingerprint density at radius 3 is 2.56 bits per heavy atom. The number of Topliss-reactive ketones (excluding diaryl/α,β-unsaturated/α-hetero) is 1. The van der Waals surface area contributed by atoms with Crippen molar-refractivity contribution in [2.45, 2.75) is 18.7 Å². The molecule has 0 aliphatic rings. The molecule has 1 rings (SSSR count). The minimum atomic E-state index is -0.358. The monoisotopic (exact) mass is 284 g/mol. The molecule has 0 atom stereocenters. The molecule has 0 fully saturated rings. The Balaban J connectivity index is 3.06. The van der Waals surface area contributed by atoms with E-state index in [4.69, 9.17) is 0 Å². The van der Waals surface area contributed by atoms with E-state index in [9.17, 15) is 9.59 Å². The average molecular weight is 285 g/mol. The summed E-state index contributed by atoms with van der Waals surface area (Å²) in [6, 6.07) is 5.32. The van der Waals surface area contributed by atoms with Gasteiger partial charge in [0.1, 0.15) is 5.78 Å². The molecule has 1 aromatic carbocycles. The molecular weight excluding hydrogens is 272 g/mol. The van der Waals surface area contributed by atoms with E-state index in [1.807, 2.05) is 6.07 Å². The molecule has 0 unspecified atom stereocenters. The Hall–Kier alpha value is -1.16. The predicted molar refractivity (Wildman–Crippen MR) is 64.8 cm³/mol. The van der Waals surface area contributed by atoms with E-state index in [0.29, 0.717) is 17.3 Å². The van der Waals surface area contributed by atoms with Crippen LogP contribution in [-0.2, 0) is 21.3 Å². The maximum atomic E-state index is 11.4. The van der Waals surface area contributed by atoms with E-state index in [0.717, 1.165) is 11.1 Å². The molecular formula is C12H13BrO3. The third-order valence-electron chi connectivity index (χ3n) is 2.17. The number of methoxy groups -OCH3 is 1. The number of ketones is 1. The topological polar surface area (TPSA) is 43.4 Å². The lowest BCUT2D eigenvalue weighted by Gasteiger charge is -2.07. The maximum Gasteiger partial charge on any atom is 0.338 e. The summed E-state index contributed by atoms with van der Waals surface area (Å²) in [5, 5.41) is 0.559. The fourth-order valence-corrected chi connectivity index (χ4v) is 1.93. The highest BCUT2D eigenvalue weighted by Crippen LogP contribution is 2.17. The standard InChI is InChI=1S/C12H13BrO3/c1-8(14)5-9-3-4-11(12(15)16-2)10(6-9)7-13/h3-4,6H,5,7H2,1-2H3. The Labute approximate surface area is 103 Å². The van der Waals surface area contributed by atoms with Crippen molar-refractivity contribution in [3.63, 3.8) is 0 Å². The van der Waals surface area contributed by atoms with Crippen LogP contribution in [0.1, 0.15) is 28.4 Å². The van der Waals surface area contributed by atoms with Gasteiger partial charge in [0, 0.05) is 11.8 Å². The molecule has 0 aliphatic heterocycles. The van der Waals surface area contributed by atoms with Crippen molar-refractivity contribution in [1.82, 2.24) is 0 Å². The van der Waals surface area contributed by atoms with Crippen molar-refractivity contribution in [3.05, 3.63) is 34.9 Å². The predicted octanol–water partition coefficient (Wildman–Crippen LogP) is 2.50. The summed E-state index contributed by atoms with van der Waals surface area (Å²) < 4.78 is 4.67. The highest BCUT2D eigenvalue weighted by atomic mass is 79.9. The summed E-state index contributed by atoms with van der Waals surface area (Å²) >= 11 is 3.31. The Morgan fingerprint density at radius 1 is 1.38 bits per heavy atom. The summed E-state index contributed by atoms with van der Waals surface area (Å²) in [7, 11) is 1.35. The van der Waals surface area contributed by atoms with E-state index in [2.05, 4.69) is 20.7 Å². The second kappa shape index (κ2) is 5.80. The van der Waals surface area contributed by atoms with Crippen LogP contribution in [-0.4, -0.2) is 18.9 Å². The van der Waals surface area contributed by atoms with Crippen molar-refractivity contribution in [1.29, 1.82) is 0 Å². The highest BCUT2D eigenvalue weighted by molar-refractivity contribution is 9.08. The fourth-order valence-electron chi connectivity index (χ4n) is 1.46. The first-order valence-electron chi connectivity index (χ1n) is 4.84. The molecule has 0 amide bonds. The van der Waals surface area contributed by atoms with Crippen LogP contribution in [0, 0.1) is 0 Å². The first kappa shape index (κ1) is 12.9. The van der Waals surface area contributed by atoms with E-state index >= 15 is 0 Å². The normalized spacial score (nSPS) is 9.94. The number of alkyl halides is 1. The number of carbonyl (C=O) groups is 2. The lowest BCUT2D eigenvalue weighted by molar-refractivity contribution is -0.116. The molecule has 4 heteroatoms. The fraction of sp³-hybridized carbons (Fsp3) is 0.333. The molecule has 1 aromatic rings. The minimum absolute atomic E-state index is 0.103. The van der Waals surface area contributed by atoms with Gasteiger partial charge in [-0.25, -0.2) is 4.79 Å². The lowest BCUT2D eigenvalue weighted by atomic mass is 10.0. The van der Waals surface area contributed by atoms with E-state index in [1.54, 1.807) is 19.1 Å². The number of carbonyl (C=O) groups excluding carboxylic acids is 2. The zero-order chi connectivity index (χ0) is 12.1. The molecule has 0 aromatic heterocycles. The Morgan fingerprint density at radius 2 is 2.06 bits per heavy atom. The van der Waals surface area contributed by atoms with Crippen LogP contribution in [0.2, 0.25) is 0 Å². The van der Waals surface area contributed by atoms with Crippen molar-refractivity contribution in [2.75, 3.05) is 7.11 Å². The largest absolute Gasteiger partial charge is 0.465 e. The quantitative estimate of drug-likeness (QED) is 0.630. The van der Waals surface area contributed by atoms with Crippen LogP contribution in [0.25, 0.3) is 0 Å². The summed E-state index contributed by atoms with van der Waals surface area (Å²) in [6.45, 7) is 1.54. The maximum absolute atomic E-state index is 11.4. The lowest BCUT2D eigenvalue weighted by Crippen LogP contribution is -2.06. The first-order chi connectivity index (χ1) is 7.58. The number of hydrogen-bond acceptors (Lipinski definition) is 3. The van der Waals surface area contributed by atoms with Crippen LogP contribution in [0.3, 0.4) is 0 Å².